The van der Waals surface area contributed by atoms with Gasteiger partial charge in [0.15, 0.2) is 0 Å². The Balaban J connectivity index is 1.91. The van der Waals surface area contributed by atoms with Gasteiger partial charge in [0.25, 0.3) is 0 Å². The minimum absolute atomic E-state index is 0.169. The SMILES string of the molecule is Cc1ccccc1C(CC(N=O)C1CCOCC1)c1ccc(Br)cc1. The summed E-state index contributed by atoms with van der Waals surface area (Å²) in [6.07, 6.45) is 2.61. The summed E-state index contributed by atoms with van der Waals surface area (Å²) in [6.45, 7) is 3.62. The molecule has 0 radical (unpaired) electrons. The molecule has 1 aliphatic heterocycles. The Kier molecular flexibility index (Phi) is 6.38. The van der Waals surface area contributed by atoms with Gasteiger partial charge >= 0.3 is 0 Å². The number of nitrogens with zero attached hydrogens (tertiary/aromatic N) is 1. The molecule has 0 aliphatic carbocycles. The summed E-state index contributed by atoms with van der Waals surface area (Å²) >= 11 is 3.51. The molecule has 0 bridgehead atoms. The molecule has 3 nitrogen and oxygen atoms in total. The zero-order chi connectivity index (χ0) is 17.6. The van der Waals surface area contributed by atoms with Crippen LogP contribution >= 0.6 is 15.9 Å². The number of rotatable bonds is 6. The van der Waals surface area contributed by atoms with Gasteiger partial charge in [-0.2, -0.15) is 4.91 Å². The number of hydrogen-bond acceptors (Lipinski definition) is 3. The van der Waals surface area contributed by atoms with Gasteiger partial charge in [-0.25, -0.2) is 0 Å². The third kappa shape index (κ3) is 4.56. The van der Waals surface area contributed by atoms with Crippen LogP contribution in [0.5, 0.6) is 0 Å². The zero-order valence-corrected chi connectivity index (χ0v) is 16.1. The van der Waals surface area contributed by atoms with Crippen molar-refractivity contribution in [3.05, 3.63) is 74.6 Å². The van der Waals surface area contributed by atoms with Crippen molar-refractivity contribution < 1.29 is 4.74 Å². The maximum atomic E-state index is 11.6. The van der Waals surface area contributed by atoms with Crippen molar-refractivity contribution in [1.29, 1.82) is 0 Å². The second-order valence-corrected chi connectivity index (χ2v) is 7.73. The molecule has 0 saturated carbocycles. The molecule has 0 aromatic heterocycles. The van der Waals surface area contributed by atoms with Gasteiger partial charge in [0, 0.05) is 23.6 Å². The highest BCUT2D eigenvalue weighted by Crippen LogP contribution is 2.36. The number of ether oxygens (including phenoxy) is 1. The molecule has 3 rings (SSSR count). The Morgan fingerprint density at radius 1 is 1.12 bits per heavy atom. The fraction of sp³-hybridized carbons (Fsp3) is 0.429. The van der Waals surface area contributed by atoms with Crippen LogP contribution in [0.15, 0.2) is 58.2 Å². The molecule has 4 heteroatoms. The molecule has 2 atom stereocenters. The lowest BCUT2D eigenvalue weighted by atomic mass is 9.79. The summed E-state index contributed by atoms with van der Waals surface area (Å²) in [5.74, 6) is 0.507. The Bertz CT molecular complexity index is 695. The monoisotopic (exact) mass is 401 g/mol. The second kappa shape index (κ2) is 8.72. The Morgan fingerprint density at radius 2 is 1.80 bits per heavy atom. The lowest BCUT2D eigenvalue weighted by molar-refractivity contribution is 0.0572. The minimum Gasteiger partial charge on any atom is -0.381 e. The van der Waals surface area contributed by atoms with E-state index in [-0.39, 0.29) is 12.0 Å². The predicted octanol–water partition coefficient (Wildman–Crippen LogP) is 5.84. The van der Waals surface area contributed by atoms with E-state index < -0.39 is 0 Å². The molecule has 2 unspecified atom stereocenters. The molecule has 0 spiro atoms. The van der Waals surface area contributed by atoms with Crippen LogP contribution in [0.4, 0.5) is 0 Å². The van der Waals surface area contributed by atoms with Crippen LogP contribution in [-0.4, -0.2) is 19.3 Å². The Labute approximate surface area is 157 Å². The molecule has 1 saturated heterocycles. The van der Waals surface area contributed by atoms with Crippen molar-refractivity contribution in [2.24, 2.45) is 11.1 Å². The normalized spacial score (nSPS) is 17.8. The van der Waals surface area contributed by atoms with Crippen molar-refractivity contribution in [2.75, 3.05) is 13.2 Å². The van der Waals surface area contributed by atoms with Crippen molar-refractivity contribution in [1.82, 2.24) is 0 Å². The second-order valence-electron chi connectivity index (χ2n) is 6.82. The lowest BCUT2D eigenvalue weighted by Gasteiger charge is -2.29. The third-order valence-corrected chi connectivity index (χ3v) is 5.79. The molecule has 25 heavy (non-hydrogen) atoms. The van der Waals surface area contributed by atoms with Crippen LogP contribution in [0.1, 0.15) is 41.9 Å². The van der Waals surface area contributed by atoms with E-state index in [0.717, 1.165) is 36.9 Å². The number of benzene rings is 2. The van der Waals surface area contributed by atoms with Gasteiger partial charge in [0.05, 0.1) is 6.04 Å². The van der Waals surface area contributed by atoms with Gasteiger partial charge in [-0.05, 0) is 60.9 Å². The van der Waals surface area contributed by atoms with Gasteiger partial charge in [-0.1, -0.05) is 57.5 Å². The highest BCUT2D eigenvalue weighted by molar-refractivity contribution is 9.10. The predicted molar refractivity (Wildman–Crippen MR) is 105 cm³/mol. The number of halogens is 1. The first-order valence-corrected chi connectivity index (χ1v) is 9.69. The first kappa shape index (κ1) is 18.3. The standard InChI is InChI=1S/C21H24BrNO2/c1-15-4-2-3-5-19(15)20(16-6-8-18(22)9-7-16)14-21(23-24)17-10-12-25-13-11-17/h2-9,17,20-21H,10-14H2,1H3. The van der Waals surface area contributed by atoms with Crippen molar-refractivity contribution in [3.8, 4) is 0 Å². The summed E-state index contributed by atoms with van der Waals surface area (Å²) in [5.41, 5.74) is 3.77. The maximum Gasteiger partial charge on any atom is 0.0958 e. The summed E-state index contributed by atoms with van der Waals surface area (Å²) in [7, 11) is 0. The summed E-state index contributed by atoms with van der Waals surface area (Å²) in [5, 5.41) is 3.53. The number of aryl methyl sites for hydroxylation is 1. The first-order valence-electron chi connectivity index (χ1n) is 8.90. The van der Waals surface area contributed by atoms with Crippen LogP contribution in [-0.2, 0) is 4.74 Å². The topological polar surface area (TPSA) is 38.7 Å². The molecular weight excluding hydrogens is 378 g/mol. The molecule has 0 amide bonds. The molecule has 2 aromatic carbocycles. The third-order valence-electron chi connectivity index (χ3n) is 5.26. The van der Waals surface area contributed by atoms with Crippen LogP contribution in [0.3, 0.4) is 0 Å². The van der Waals surface area contributed by atoms with Crippen LogP contribution in [0, 0.1) is 17.7 Å². The maximum absolute atomic E-state index is 11.6. The lowest BCUT2D eigenvalue weighted by Crippen LogP contribution is -2.27. The summed E-state index contributed by atoms with van der Waals surface area (Å²) in [6, 6.07) is 16.7. The van der Waals surface area contributed by atoms with E-state index in [2.05, 4.69) is 76.6 Å². The van der Waals surface area contributed by atoms with Crippen molar-refractivity contribution in [2.45, 2.75) is 38.1 Å². The van der Waals surface area contributed by atoms with Crippen molar-refractivity contribution in [3.63, 3.8) is 0 Å². The van der Waals surface area contributed by atoms with Crippen LogP contribution in [0.25, 0.3) is 0 Å². The smallest absolute Gasteiger partial charge is 0.0958 e. The molecule has 1 heterocycles. The van der Waals surface area contributed by atoms with E-state index in [0.29, 0.717) is 5.92 Å². The van der Waals surface area contributed by atoms with Gasteiger partial charge < -0.3 is 4.74 Å². The number of nitroso groups, excluding NO2 is 1. The van der Waals surface area contributed by atoms with E-state index in [9.17, 15) is 4.91 Å². The Morgan fingerprint density at radius 3 is 2.44 bits per heavy atom. The molecule has 2 aromatic rings. The van der Waals surface area contributed by atoms with Gasteiger partial charge in [0.2, 0.25) is 0 Å². The Hall–Kier alpha value is -1.52. The van der Waals surface area contributed by atoms with Gasteiger partial charge in [0.1, 0.15) is 0 Å². The van der Waals surface area contributed by atoms with Crippen molar-refractivity contribution >= 4 is 15.9 Å². The van der Waals surface area contributed by atoms with E-state index in [4.69, 9.17) is 4.74 Å². The number of hydrogen-bond donors (Lipinski definition) is 0. The average molecular weight is 402 g/mol. The van der Waals surface area contributed by atoms with Gasteiger partial charge in [-0.15, -0.1) is 0 Å². The fourth-order valence-electron chi connectivity index (χ4n) is 3.78. The van der Waals surface area contributed by atoms with Gasteiger partial charge in [-0.3, -0.25) is 0 Å². The highest BCUT2D eigenvalue weighted by atomic mass is 79.9. The quantitative estimate of drug-likeness (QED) is 0.570. The van der Waals surface area contributed by atoms with E-state index >= 15 is 0 Å². The molecular formula is C21H24BrNO2. The minimum atomic E-state index is -0.169. The molecule has 1 aliphatic rings. The zero-order valence-electron chi connectivity index (χ0n) is 14.5. The highest BCUT2D eigenvalue weighted by Gasteiger charge is 2.29. The average Bonchev–Trinajstić information content (AvgIpc) is 2.65. The first-order chi connectivity index (χ1) is 12.2. The molecule has 0 N–H and O–H groups in total. The summed E-state index contributed by atoms with van der Waals surface area (Å²) < 4.78 is 6.52. The molecule has 1 fully saturated rings. The van der Waals surface area contributed by atoms with E-state index in [1.165, 1.54) is 16.7 Å². The fourth-order valence-corrected chi connectivity index (χ4v) is 4.04. The van der Waals surface area contributed by atoms with Crippen LogP contribution in [0.2, 0.25) is 0 Å². The van der Waals surface area contributed by atoms with Crippen LogP contribution < -0.4 is 0 Å². The van der Waals surface area contributed by atoms with E-state index in [1.54, 1.807) is 0 Å². The van der Waals surface area contributed by atoms with E-state index in [1.807, 2.05) is 0 Å². The summed E-state index contributed by atoms with van der Waals surface area (Å²) in [4.78, 5) is 11.6. The largest absolute Gasteiger partial charge is 0.381 e. The molecule has 132 valence electrons.